The van der Waals surface area contributed by atoms with Crippen LogP contribution < -0.4 is 5.73 Å². The molecule has 18 heavy (non-hydrogen) atoms. The highest BCUT2D eigenvalue weighted by Crippen LogP contribution is 2.30. The summed E-state index contributed by atoms with van der Waals surface area (Å²) >= 11 is 0. The van der Waals surface area contributed by atoms with Gasteiger partial charge in [-0.3, -0.25) is 9.59 Å². The van der Waals surface area contributed by atoms with Gasteiger partial charge in [-0.1, -0.05) is 12.1 Å². The van der Waals surface area contributed by atoms with Crippen molar-refractivity contribution in [3.8, 4) is 0 Å². The number of carbonyl (C=O) groups is 2. The lowest BCUT2D eigenvalue weighted by molar-refractivity contribution is -0.137. The van der Waals surface area contributed by atoms with E-state index in [1.165, 1.54) is 4.90 Å². The molecule has 1 saturated carbocycles. The number of amides is 1. The number of nitrogen functional groups attached to an aromatic ring is 1. The average molecular weight is 248 g/mol. The molecule has 5 heteroatoms. The molecule has 1 amide bonds. The first-order valence-electron chi connectivity index (χ1n) is 5.93. The van der Waals surface area contributed by atoms with Gasteiger partial charge in [-0.25, -0.2) is 0 Å². The quantitative estimate of drug-likeness (QED) is 0.767. The van der Waals surface area contributed by atoms with Crippen LogP contribution in [0.5, 0.6) is 0 Å². The predicted molar refractivity (Wildman–Crippen MR) is 67.1 cm³/mol. The van der Waals surface area contributed by atoms with Gasteiger partial charge in [0.05, 0.1) is 5.56 Å². The van der Waals surface area contributed by atoms with E-state index in [0.717, 1.165) is 12.8 Å². The van der Waals surface area contributed by atoms with E-state index in [-0.39, 0.29) is 12.5 Å². The minimum absolute atomic E-state index is 0.274. The number of rotatable bonds is 5. The Kier molecular flexibility index (Phi) is 3.50. The fraction of sp³-hybridized carbons (Fsp3) is 0.385. The zero-order valence-electron chi connectivity index (χ0n) is 10.0. The smallest absolute Gasteiger partial charge is 0.323 e. The molecule has 1 aromatic carbocycles. The topological polar surface area (TPSA) is 83.6 Å². The molecule has 0 aliphatic heterocycles. The van der Waals surface area contributed by atoms with E-state index in [4.69, 9.17) is 10.8 Å². The molecular formula is C13H16N2O3. The van der Waals surface area contributed by atoms with Crippen LogP contribution in [0, 0.1) is 5.92 Å². The minimum Gasteiger partial charge on any atom is -0.480 e. The van der Waals surface area contributed by atoms with Gasteiger partial charge in [0.25, 0.3) is 5.91 Å². The largest absolute Gasteiger partial charge is 0.480 e. The van der Waals surface area contributed by atoms with Crippen molar-refractivity contribution in [1.29, 1.82) is 0 Å². The standard InChI is InChI=1S/C13H16N2O3/c14-11-4-2-1-3-10(11)13(18)15(8-12(16)17)7-9-5-6-9/h1-4,9H,5-8,14H2,(H,16,17). The van der Waals surface area contributed by atoms with Crippen molar-refractivity contribution in [2.45, 2.75) is 12.8 Å². The third-order valence-corrected chi connectivity index (χ3v) is 2.98. The first-order chi connectivity index (χ1) is 8.58. The molecule has 0 radical (unpaired) electrons. The Morgan fingerprint density at radius 1 is 1.33 bits per heavy atom. The summed E-state index contributed by atoms with van der Waals surface area (Å²) in [4.78, 5) is 24.4. The highest BCUT2D eigenvalue weighted by Gasteiger charge is 2.28. The van der Waals surface area contributed by atoms with E-state index in [1.54, 1.807) is 24.3 Å². The van der Waals surface area contributed by atoms with Crippen LogP contribution in [0.1, 0.15) is 23.2 Å². The van der Waals surface area contributed by atoms with E-state index in [1.807, 2.05) is 0 Å². The van der Waals surface area contributed by atoms with Crippen LogP contribution in [0.2, 0.25) is 0 Å². The second kappa shape index (κ2) is 5.08. The highest BCUT2D eigenvalue weighted by molar-refractivity contribution is 6.00. The Labute approximate surface area is 105 Å². The van der Waals surface area contributed by atoms with Gasteiger partial charge in [-0.15, -0.1) is 0 Å². The summed E-state index contributed by atoms with van der Waals surface area (Å²) < 4.78 is 0. The molecule has 0 aromatic heterocycles. The lowest BCUT2D eigenvalue weighted by Gasteiger charge is -2.21. The Balaban J connectivity index is 2.15. The van der Waals surface area contributed by atoms with Gasteiger partial charge in [-0.05, 0) is 30.9 Å². The van der Waals surface area contributed by atoms with Crippen LogP contribution >= 0.6 is 0 Å². The molecule has 1 aliphatic rings. The van der Waals surface area contributed by atoms with Crippen LogP contribution in [0.25, 0.3) is 0 Å². The summed E-state index contributed by atoms with van der Waals surface area (Å²) in [5.41, 5.74) is 6.50. The van der Waals surface area contributed by atoms with E-state index < -0.39 is 5.97 Å². The summed E-state index contributed by atoms with van der Waals surface area (Å²) in [7, 11) is 0. The molecule has 0 spiro atoms. The number of aliphatic carboxylic acids is 1. The van der Waals surface area contributed by atoms with Crippen molar-refractivity contribution in [1.82, 2.24) is 4.90 Å². The maximum Gasteiger partial charge on any atom is 0.323 e. The number of anilines is 1. The van der Waals surface area contributed by atoms with E-state index >= 15 is 0 Å². The van der Waals surface area contributed by atoms with Crippen molar-refractivity contribution in [2.24, 2.45) is 5.92 Å². The number of carboxylic acids is 1. The zero-order valence-corrected chi connectivity index (χ0v) is 10.0. The van der Waals surface area contributed by atoms with Crippen LogP contribution in [0.15, 0.2) is 24.3 Å². The molecular weight excluding hydrogens is 232 g/mol. The number of hydrogen-bond acceptors (Lipinski definition) is 3. The predicted octanol–water partition coefficient (Wildman–Crippen LogP) is 1.21. The zero-order chi connectivity index (χ0) is 13.1. The second-order valence-corrected chi connectivity index (χ2v) is 4.61. The van der Waals surface area contributed by atoms with Crippen LogP contribution in [-0.2, 0) is 4.79 Å². The third kappa shape index (κ3) is 3.00. The summed E-state index contributed by atoms with van der Waals surface area (Å²) in [6.07, 6.45) is 2.13. The maximum absolute atomic E-state index is 12.2. The van der Waals surface area contributed by atoms with Gasteiger partial charge in [-0.2, -0.15) is 0 Å². The summed E-state index contributed by atoms with van der Waals surface area (Å²) in [6.45, 7) is 0.225. The molecule has 0 saturated heterocycles. The van der Waals surface area contributed by atoms with Crippen molar-refractivity contribution in [3.05, 3.63) is 29.8 Å². The van der Waals surface area contributed by atoms with Crippen molar-refractivity contribution >= 4 is 17.6 Å². The van der Waals surface area contributed by atoms with E-state index in [2.05, 4.69) is 0 Å². The Hall–Kier alpha value is -2.04. The molecule has 0 unspecified atom stereocenters. The van der Waals surface area contributed by atoms with Gasteiger partial charge >= 0.3 is 5.97 Å². The number of nitrogens with zero attached hydrogens (tertiary/aromatic N) is 1. The molecule has 0 atom stereocenters. The summed E-state index contributed by atoms with van der Waals surface area (Å²) in [6, 6.07) is 6.73. The van der Waals surface area contributed by atoms with Crippen molar-refractivity contribution in [2.75, 3.05) is 18.8 Å². The SMILES string of the molecule is Nc1ccccc1C(=O)N(CC(=O)O)CC1CC1. The number of nitrogens with two attached hydrogens (primary N) is 1. The van der Waals surface area contributed by atoms with Gasteiger partial charge in [0.15, 0.2) is 0 Å². The number of hydrogen-bond donors (Lipinski definition) is 2. The average Bonchev–Trinajstić information content (AvgIpc) is 3.11. The lowest BCUT2D eigenvalue weighted by atomic mass is 10.1. The first kappa shape index (κ1) is 12.4. The molecule has 0 heterocycles. The monoisotopic (exact) mass is 248 g/mol. The first-order valence-corrected chi connectivity index (χ1v) is 5.93. The Morgan fingerprint density at radius 2 is 2.00 bits per heavy atom. The van der Waals surface area contributed by atoms with Crippen LogP contribution in [0.3, 0.4) is 0 Å². The molecule has 5 nitrogen and oxygen atoms in total. The molecule has 2 rings (SSSR count). The van der Waals surface area contributed by atoms with Crippen molar-refractivity contribution in [3.63, 3.8) is 0 Å². The van der Waals surface area contributed by atoms with Crippen LogP contribution in [-0.4, -0.2) is 35.0 Å². The second-order valence-electron chi connectivity index (χ2n) is 4.61. The summed E-state index contributed by atoms with van der Waals surface area (Å²) in [5, 5.41) is 8.86. The molecule has 1 aromatic rings. The summed E-state index contributed by atoms with van der Waals surface area (Å²) in [5.74, 6) is -0.862. The molecule has 0 bridgehead atoms. The van der Waals surface area contributed by atoms with Gasteiger partial charge in [0.1, 0.15) is 6.54 Å². The highest BCUT2D eigenvalue weighted by atomic mass is 16.4. The van der Waals surface area contributed by atoms with Gasteiger partial charge in [0, 0.05) is 12.2 Å². The van der Waals surface area contributed by atoms with Crippen molar-refractivity contribution < 1.29 is 14.7 Å². The third-order valence-electron chi connectivity index (χ3n) is 2.98. The fourth-order valence-corrected chi connectivity index (χ4v) is 1.86. The van der Waals surface area contributed by atoms with Gasteiger partial charge in [0.2, 0.25) is 0 Å². The van der Waals surface area contributed by atoms with Crippen LogP contribution in [0.4, 0.5) is 5.69 Å². The number of para-hydroxylation sites is 1. The number of carboxylic acid groups (broad SMARTS) is 1. The normalized spacial score (nSPS) is 14.2. The molecule has 1 aliphatic carbocycles. The minimum atomic E-state index is -1.00. The van der Waals surface area contributed by atoms with E-state index in [9.17, 15) is 9.59 Å². The Bertz CT molecular complexity index is 469. The molecule has 96 valence electrons. The number of benzene rings is 1. The lowest BCUT2D eigenvalue weighted by Crippen LogP contribution is -2.37. The Morgan fingerprint density at radius 3 is 2.56 bits per heavy atom. The van der Waals surface area contributed by atoms with Gasteiger partial charge < -0.3 is 15.7 Å². The van der Waals surface area contributed by atoms with E-state index in [0.29, 0.717) is 23.7 Å². The maximum atomic E-state index is 12.2. The fourth-order valence-electron chi connectivity index (χ4n) is 1.86. The number of carbonyl (C=O) groups excluding carboxylic acids is 1. The molecule has 3 N–H and O–H groups in total. The molecule has 1 fully saturated rings.